The predicted octanol–water partition coefficient (Wildman–Crippen LogP) is 0.0582. The molecule has 0 saturated heterocycles. The minimum atomic E-state index is 0.167. The van der Waals surface area contributed by atoms with Crippen molar-refractivity contribution >= 4 is 0 Å². The molecule has 0 atom stereocenters. The highest BCUT2D eigenvalue weighted by molar-refractivity contribution is 4.95. The lowest BCUT2D eigenvalue weighted by atomic mass is 10.3. The highest BCUT2D eigenvalue weighted by Gasteiger charge is 2.00. The Balaban J connectivity index is 2.44. The number of aromatic nitrogens is 1. The maximum Gasteiger partial charge on any atom is 0.194 e. The summed E-state index contributed by atoms with van der Waals surface area (Å²) in [6.45, 7) is 0.572. The molecule has 0 saturated carbocycles. The zero-order valence-electron chi connectivity index (χ0n) is 6.29. The predicted molar refractivity (Wildman–Crippen MR) is 39.8 cm³/mol. The van der Waals surface area contributed by atoms with E-state index in [1.807, 2.05) is 0 Å². The van der Waals surface area contributed by atoms with E-state index < -0.39 is 0 Å². The molecule has 0 radical (unpaired) electrons. The van der Waals surface area contributed by atoms with Crippen LogP contribution in [0.2, 0.25) is 0 Å². The molecule has 3 N–H and O–H groups in total. The van der Waals surface area contributed by atoms with Gasteiger partial charge in [-0.15, -0.1) is 0 Å². The average molecular weight is 156 g/mol. The van der Waals surface area contributed by atoms with E-state index in [9.17, 15) is 0 Å². The highest BCUT2D eigenvalue weighted by atomic mass is 16.3. The van der Waals surface area contributed by atoms with Gasteiger partial charge in [-0.1, -0.05) is 0 Å². The van der Waals surface area contributed by atoms with Gasteiger partial charge >= 0.3 is 0 Å². The van der Waals surface area contributed by atoms with Crippen molar-refractivity contribution in [1.29, 1.82) is 0 Å². The SMILES string of the molecule is NCc1coc(CCCO)n1. The van der Waals surface area contributed by atoms with Crippen molar-refractivity contribution < 1.29 is 9.52 Å². The first-order valence-electron chi connectivity index (χ1n) is 3.61. The molecule has 1 heterocycles. The number of oxazole rings is 1. The lowest BCUT2D eigenvalue weighted by molar-refractivity contribution is 0.283. The standard InChI is InChI=1S/C7H12N2O2/c8-4-6-5-11-7(9-6)2-1-3-10/h5,10H,1-4,8H2. The number of nitrogens with two attached hydrogens (primary N) is 1. The number of aliphatic hydroxyl groups excluding tert-OH is 1. The van der Waals surface area contributed by atoms with E-state index >= 15 is 0 Å². The Hall–Kier alpha value is -0.870. The Bertz CT molecular complexity index is 210. The summed E-state index contributed by atoms with van der Waals surface area (Å²) in [5.41, 5.74) is 6.08. The number of nitrogens with zero attached hydrogens (tertiary/aromatic N) is 1. The van der Waals surface area contributed by atoms with Crippen molar-refractivity contribution in [2.24, 2.45) is 5.73 Å². The molecule has 0 spiro atoms. The number of hydrogen-bond acceptors (Lipinski definition) is 4. The van der Waals surface area contributed by atoms with Crippen LogP contribution in [0, 0.1) is 0 Å². The van der Waals surface area contributed by atoms with Gasteiger partial charge in [0.05, 0.1) is 5.69 Å². The monoisotopic (exact) mass is 156 g/mol. The first-order valence-corrected chi connectivity index (χ1v) is 3.61. The molecule has 1 aromatic rings. The van der Waals surface area contributed by atoms with Crippen LogP contribution in [0.25, 0.3) is 0 Å². The fraction of sp³-hybridized carbons (Fsp3) is 0.571. The highest BCUT2D eigenvalue weighted by Crippen LogP contribution is 2.03. The lowest BCUT2D eigenvalue weighted by Crippen LogP contribution is -1.97. The molecule has 11 heavy (non-hydrogen) atoms. The van der Waals surface area contributed by atoms with Crippen molar-refractivity contribution in [1.82, 2.24) is 4.98 Å². The van der Waals surface area contributed by atoms with Crippen LogP contribution in [0.5, 0.6) is 0 Å². The van der Waals surface area contributed by atoms with Crippen LogP contribution in [0.3, 0.4) is 0 Å². The van der Waals surface area contributed by atoms with Crippen molar-refractivity contribution in [3.63, 3.8) is 0 Å². The normalized spacial score (nSPS) is 10.4. The maximum atomic E-state index is 8.50. The Morgan fingerprint density at radius 3 is 3.00 bits per heavy atom. The number of aryl methyl sites for hydroxylation is 1. The van der Waals surface area contributed by atoms with Gasteiger partial charge in [-0.3, -0.25) is 0 Å². The topological polar surface area (TPSA) is 72.3 Å². The third-order valence-corrected chi connectivity index (χ3v) is 1.36. The molecule has 0 fully saturated rings. The van der Waals surface area contributed by atoms with Crippen LogP contribution >= 0.6 is 0 Å². The quantitative estimate of drug-likeness (QED) is 0.646. The second-order valence-corrected chi connectivity index (χ2v) is 2.26. The first kappa shape index (κ1) is 8.23. The molecule has 0 aliphatic rings. The van der Waals surface area contributed by atoms with E-state index in [4.69, 9.17) is 15.3 Å². The van der Waals surface area contributed by atoms with Gasteiger partial charge in [0.1, 0.15) is 6.26 Å². The van der Waals surface area contributed by atoms with Gasteiger partial charge < -0.3 is 15.3 Å². The summed E-state index contributed by atoms with van der Waals surface area (Å²) in [5.74, 6) is 0.652. The molecule has 1 aromatic heterocycles. The van der Waals surface area contributed by atoms with Crippen LogP contribution in [0.4, 0.5) is 0 Å². The lowest BCUT2D eigenvalue weighted by Gasteiger charge is -1.89. The first-order chi connectivity index (χ1) is 5.36. The van der Waals surface area contributed by atoms with Crippen molar-refractivity contribution in [2.75, 3.05) is 6.61 Å². The van der Waals surface area contributed by atoms with Gasteiger partial charge in [0, 0.05) is 19.6 Å². The molecule has 1 rings (SSSR count). The Kier molecular flexibility index (Phi) is 3.07. The van der Waals surface area contributed by atoms with Crippen molar-refractivity contribution in [2.45, 2.75) is 19.4 Å². The molecule has 4 heteroatoms. The van der Waals surface area contributed by atoms with E-state index in [2.05, 4.69) is 4.98 Å². The minimum absolute atomic E-state index is 0.167. The van der Waals surface area contributed by atoms with Gasteiger partial charge in [0.25, 0.3) is 0 Å². The van der Waals surface area contributed by atoms with E-state index in [-0.39, 0.29) is 6.61 Å². The summed E-state index contributed by atoms with van der Waals surface area (Å²) in [5, 5.41) is 8.50. The van der Waals surface area contributed by atoms with E-state index in [1.54, 1.807) is 6.26 Å². The van der Waals surface area contributed by atoms with Crippen LogP contribution in [-0.4, -0.2) is 16.7 Å². The molecule has 0 unspecified atom stereocenters. The Morgan fingerprint density at radius 1 is 1.64 bits per heavy atom. The van der Waals surface area contributed by atoms with Gasteiger partial charge in [-0.2, -0.15) is 0 Å². The van der Waals surface area contributed by atoms with E-state index in [1.165, 1.54) is 0 Å². The van der Waals surface area contributed by atoms with Gasteiger partial charge in [0.15, 0.2) is 5.89 Å². The zero-order valence-corrected chi connectivity index (χ0v) is 6.29. The second-order valence-electron chi connectivity index (χ2n) is 2.26. The van der Waals surface area contributed by atoms with Crippen LogP contribution in [0.15, 0.2) is 10.7 Å². The third-order valence-electron chi connectivity index (χ3n) is 1.36. The largest absolute Gasteiger partial charge is 0.449 e. The van der Waals surface area contributed by atoms with Crippen LogP contribution < -0.4 is 5.73 Å². The van der Waals surface area contributed by atoms with Crippen LogP contribution in [0.1, 0.15) is 18.0 Å². The summed E-state index contributed by atoms with van der Waals surface area (Å²) in [7, 11) is 0. The molecule has 4 nitrogen and oxygen atoms in total. The Labute approximate surface area is 65.0 Å². The van der Waals surface area contributed by atoms with Gasteiger partial charge in [0.2, 0.25) is 0 Å². The fourth-order valence-electron chi connectivity index (χ4n) is 0.788. The van der Waals surface area contributed by atoms with Crippen molar-refractivity contribution in [3.05, 3.63) is 17.8 Å². The molecule has 0 aliphatic carbocycles. The summed E-state index contributed by atoms with van der Waals surface area (Å²) in [4.78, 5) is 4.06. The number of hydrogen-bond donors (Lipinski definition) is 2. The number of aliphatic hydroxyl groups is 1. The molecule has 0 aliphatic heterocycles. The number of rotatable bonds is 4. The summed E-state index contributed by atoms with van der Waals surface area (Å²) in [6.07, 6.45) is 2.91. The molecule has 0 amide bonds. The van der Waals surface area contributed by atoms with Crippen molar-refractivity contribution in [3.8, 4) is 0 Å². The van der Waals surface area contributed by atoms with E-state index in [0.29, 0.717) is 25.3 Å². The second kappa shape index (κ2) is 4.10. The summed E-state index contributed by atoms with van der Waals surface area (Å²) >= 11 is 0. The van der Waals surface area contributed by atoms with Gasteiger partial charge in [-0.25, -0.2) is 4.98 Å². The maximum absolute atomic E-state index is 8.50. The van der Waals surface area contributed by atoms with Gasteiger partial charge in [-0.05, 0) is 6.42 Å². The summed E-state index contributed by atoms with van der Waals surface area (Å²) in [6, 6.07) is 0. The van der Waals surface area contributed by atoms with E-state index in [0.717, 1.165) is 5.69 Å². The third kappa shape index (κ3) is 2.32. The average Bonchev–Trinajstić information content (AvgIpc) is 2.48. The molecule has 62 valence electrons. The molecule has 0 bridgehead atoms. The zero-order chi connectivity index (χ0) is 8.10. The smallest absolute Gasteiger partial charge is 0.194 e. The Morgan fingerprint density at radius 2 is 2.45 bits per heavy atom. The molecular formula is C7H12N2O2. The fourth-order valence-corrected chi connectivity index (χ4v) is 0.788. The molecule has 0 aromatic carbocycles. The molecular weight excluding hydrogens is 144 g/mol. The summed E-state index contributed by atoms with van der Waals surface area (Å²) < 4.78 is 5.06. The minimum Gasteiger partial charge on any atom is -0.449 e. The van der Waals surface area contributed by atoms with Crippen LogP contribution in [-0.2, 0) is 13.0 Å².